The zero-order valence-electron chi connectivity index (χ0n) is 11.0. The summed E-state index contributed by atoms with van der Waals surface area (Å²) in [7, 11) is 1.88. The molecule has 0 fully saturated rings. The van der Waals surface area contributed by atoms with Crippen LogP contribution in [0.2, 0.25) is 0 Å². The number of thiazole rings is 1. The van der Waals surface area contributed by atoms with Gasteiger partial charge in [0.05, 0.1) is 12.2 Å². The number of hydrogen-bond donors (Lipinski definition) is 1. The highest BCUT2D eigenvalue weighted by atomic mass is 32.1. The van der Waals surface area contributed by atoms with Crippen LogP contribution >= 0.6 is 11.3 Å². The maximum atomic E-state index is 11.0. The van der Waals surface area contributed by atoms with Crippen molar-refractivity contribution >= 4 is 22.4 Å². The number of nitrogens with zero attached hydrogens (tertiary/aromatic N) is 3. The number of carbonyl (C=O) groups is 1. The molecule has 19 heavy (non-hydrogen) atoms. The molecule has 0 amide bonds. The molecule has 0 atom stereocenters. The summed E-state index contributed by atoms with van der Waals surface area (Å²) < 4.78 is 0. The average molecular weight is 277 g/mol. The Morgan fingerprint density at radius 2 is 2.11 bits per heavy atom. The quantitative estimate of drug-likeness (QED) is 0.930. The lowest BCUT2D eigenvalue weighted by Crippen LogP contribution is -2.17. The fraction of sp³-hybridized carbons (Fsp3) is 0.308. The molecule has 0 spiro atoms. The van der Waals surface area contributed by atoms with Crippen molar-refractivity contribution in [2.75, 3.05) is 11.9 Å². The number of aromatic nitrogens is 2. The van der Waals surface area contributed by atoms with Crippen LogP contribution in [0.1, 0.15) is 26.8 Å². The summed E-state index contributed by atoms with van der Waals surface area (Å²) >= 11 is 1.38. The number of pyridine rings is 1. The largest absolute Gasteiger partial charge is 0.476 e. The minimum absolute atomic E-state index is 0.129. The van der Waals surface area contributed by atoms with Gasteiger partial charge in [-0.2, -0.15) is 0 Å². The van der Waals surface area contributed by atoms with Gasteiger partial charge < -0.3 is 10.0 Å². The van der Waals surface area contributed by atoms with Crippen LogP contribution in [-0.4, -0.2) is 28.1 Å². The maximum absolute atomic E-state index is 11.0. The Balaban J connectivity index is 2.18. The van der Waals surface area contributed by atoms with Crippen molar-refractivity contribution < 1.29 is 9.90 Å². The molecule has 0 radical (unpaired) electrons. The SMILES string of the molecule is Cc1cccc(CN(C)c2nc(C(=O)O)c(C)s2)n1. The molecule has 0 unspecified atom stereocenters. The van der Waals surface area contributed by atoms with Crippen molar-refractivity contribution in [3.8, 4) is 0 Å². The van der Waals surface area contributed by atoms with Gasteiger partial charge in [-0.1, -0.05) is 6.07 Å². The van der Waals surface area contributed by atoms with E-state index in [0.717, 1.165) is 11.4 Å². The fourth-order valence-corrected chi connectivity index (χ4v) is 2.60. The van der Waals surface area contributed by atoms with E-state index in [9.17, 15) is 4.79 Å². The van der Waals surface area contributed by atoms with Crippen molar-refractivity contribution in [2.45, 2.75) is 20.4 Å². The lowest BCUT2D eigenvalue weighted by atomic mass is 10.3. The van der Waals surface area contributed by atoms with Crippen molar-refractivity contribution in [1.29, 1.82) is 0 Å². The molecule has 2 aromatic heterocycles. The van der Waals surface area contributed by atoms with Gasteiger partial charge in [0, 0.05) is 17.6 Å². The molecule has 1 N–H and O–H groups in total. The van der Waals surface area contributed by atoms with E-state index in [4.69, 9.17) is 5.11 Å². The van der Waals surface area contributed by atoms with E-state index in [1.807, 2.05) is 37.1 Å². The van der Waals surface area contributed by atoms with Crippen molar-refractivity contribution in [3.63, 3.8) is 0 Å². The van der Waals surface area contributed by atoms with Crippen LogP contribution in [0.25, 0.3) is 0 Å². The molecular formula is C13H15N3O2S. The number of carboxylic acid groups (broad SMARTS) is 1. The summed E-state index contributed by atoms with van der Waals surface area (Å²) in [6, 6.07) is 5.85. The minimum Gasteiger partial charge on any atom is -0.476 e. The average Bonchev–Trinajstić information content (AvgIpc) is 2.71. The second-order valence-corrected chi connectivity index (χ2v) is 5.51. The number of aromatic carboxylic acids is 1. The van der Waals surface area contributed by atoms with E-state index in [-0.39, 0.29) is 5.69 Å². The molecule has 0 saturated carbocycles. The van der Waals surface area contributed by atoms with E-state index in [1.54, 1.807) is 6.92 Å². The minimum atomic E-state index is -0.984. The Labute approximate surface area is 115 Å². The molecular weight excluding hydrogens is 262 g/mol. The van der Waals surface area contributed by atoms with E-state index < -0.39 is 5.97 Å². The van der Waals surface area contributed by atoms with Crippen LogP contribution in [0, 0.1) is 13.8 Å². The van der Waals surface area contributed by atoms with Crippen LogP contribution in [0.4, 0.5) is 5.13 Å². The number of rotatable bonds is 4. The first kappa shape index (κ1) is 13.5. The fourth-order valence-electron chi connectivity index (χ4n) is 1.74. The van der Waals surface area contributed by atoms with Gasteiger partial charge in [0.15, 0.2) is 10.8 Å². The highest BCUT2D eigenvalue weighted by molar-refractivity contribution is 7.15. The van der Waals surface area contributed by atoms with E-state index in [2.05, 4.69) is 9.97 Å². The van der Waals surface area contributed by atoms with Gasteiger partial charge >= 0.3 is 5.97 Å². The summed E-state index contributed by atoms with van der Waals surface area (Å²) in [5, 5.41) is 9.69. The Kier molecular flexibility index (Phi) is 3.80. The predicted octanol–water partition coefficient (Wildman–Crippen LogP) is 2.49. The summed E-state index contributed by atoms with van der Waals surface area (Å²) in [5.74, 6) is -0.984. The Morgan fingerprint density at radius 3 is 2.68 bits per heavy atom. The third-order valence-electron chi connectivity index (χ3n) is 2.66. The van der Waals surface area contributed by atoms with Crippen molar-refractivity contribution in [2.24, 2.45) is 0 Å². The normalized spacial score (nSPS) is 10.5. The summed E-state index contributed by atoms with van der Waals surface area (Å²) in [6.45, 7) is 4.32. The van der Waals surface area contributed by atoms with Crippen LogP contribution in [0.15, 0.2) is 18.2 Å². The van der Waals surface area contributed by atoms with E-state index in [0.29, 0.717) is 16.6 Å². The van der Waals surface area contributed by atoms with Crippen LogP contribution in [0.5, 0.6) is 0 Å². The third-order valence-corrected chi connectivity index (χ3v) is 3.74. The Bertz CT molecular complexity index is 610. The topological polar surface area (TPSA) is 66.3 Å². The summed E-state index contributed by atoms with van der Waals surface area (Å²) in [5.41, 5.74) is 2.03. The van der Waals surface area contributed by atoms with E-state index in [1.165, 1.54) is 11.3 Å². The Morgan fingerprint density at radius 1 is 1.37 bits per heavy atom. The van der Waals surface area contributed by atoms with Crippen LogP contribution in [0.3, 0.4) is 0 Å². The molecule has 2 rings (SSSR count). The molecule has 2 heterocycles. The zero-order chi connectivity index (χ0) is 14.0. The van der Waals surface area contributed by atoms with Gasteiger partial charge in [-0.15, -0.1) is 11.3 Å². The summed E-state index contributed by atoms with van der Waals surface area (Å²) in [6.07, 6.45) is 0. The van der Waals surface area contributed by atoms with Crippen LogP contribution in [-0.2, 0) is 6.54 Å². The molecule has 5 nitrogen and oxygen atoms in total. The third kappa shape index (κ3) is 3.08. The van der Waals surface area contributed by atoms with E-state index >= 15 is 0 Å². The second kappa shape index (κ2) is 5.36. The highest BCUT2D eigenvalue weighted by Crippen LogP contribution is 2.25. The molecule has 0 aliphatic carbocycles. The maximum Gasteiger partial charge on any atom is 0.355 e. The van der Waals surface area contributed by atoms with Gasteiger partial charge in [0.25, 0.3) is 0 Å². The smallest absolute Gasteiger partial charge is 0.355 e. The van der Waals surface area contributed by atoms with Gasteiger partial charge in [-0.3, -0.25) is 4.98 Å². The highest BCUT2D eigenvalue weighted by Gasteiger charge is 2.16. The summed E-state index contributed by atoms with van der Waals surface area (Å²) in [4.78, 5) is 22.2. The first-order valence-electron chi connectivity index (χ1n) is 5.82. The first-order chi connectivity index (χ1) is 8.97. The lowest BCUT2D eigenvalue weighted by molar-refractivity contribution is 0.0690. The standard InChI is InChI=1S/C13H15N3O2S/c1-8-5-4-6-10(14-8)7-16(3)13-15-11(12(17)18)9(2)19-13/h4-6H,7H2,1-3H3,(H,17,18). The number of carboxylic acids is 1. The first-order valence-corrected chi connectivity index (χ1v) is 6.63. The van der Waals surface area contributed by atoms with Crippen molar-refractivity contribution in [3.05, 3.63) is 40.2 Å². The molecule has 6 heteroatoms. The van der Waals surface area contributed by atoms with Gasteiger partial charge in [0.2, 0.25) is 0 Å². The Hall–Kier alpha value is -1.95. The predicted molar refractivity (Wildman–Crippen MR) is 74.9 cm³/mol. The molecule has 0 aromatic carbocycles. The van der Waals surface area contributed by atoms with Gasteiger partial charge in [0.1, 0.15) is 0 Å². The van der Waals surface area contributed by atoms with Gasteiger partial charge in [-0.05, 0) is 26.0 Å². The van der Waals surface area contributed by atoms with Crippen LogP contribution < -0.4 is 4.90 Å². The second-order valence-electron chi connectivity index (χ2n) is 4.33. The number of anilines is 1. The lowest BCUT2D eigenvalue weighted by Gasteiger charge is -2.15. The molecule has 0 saturated heterocycles. The van der Waals surface area contributed by atoms with Gasteiger partial charge in [-0.25, -0.2) is 9.78 Å². The molecule has 0 bridgehead atoms. The molecule has 0 aliphatic rings. The van der Waals surface area contributed by atoms with Crippen molar-refractivity contribution in [1.82, 2.24) is 9.97 Å². The zero-order valence-corrected chi connectivity index (χ0v) is 11.9. The molecule has 2 aromatic rings. The molecule has 0 aliphatic heterocycles. The molecule has 100 valence electrons. The number of hydrogen-bond acceptors (Lipinski definition) is 5. The number of aryl methyl sites for hydroxylation is 2. The monoisotopic (exact) mass is 277 g/mol.